The summed E-state index contributed by atoms with van der Waals surface area (Å²) in [5, 5.41) is 12.4. The molecule has 1 amide bonds. The molecule has 0 aromatic heterocycles. The number of aliphatic hydroxyl groups is 1. The fraction of sp³-hybridized carbons (Fsp3) is 0.391. The fourth-order valence-electron chi connectivity index (χ4n) is 4.06. The zero-order chi connectivity index (χ0) is 23.4. The number of hydrogen-bond donors (Lipinski definition) is 2. The fourth-order valence-corrected chi connectivity index (χ4v) is 4.41. The lowest BCUT2D eigenvalue weighted by Gasteiger charge is -2.21. The Morgan fingerprint density at radius 2 is 1.78 bits per heavy atom. The van der Waals surface area contributed by atoms with E-state index in [9.17, 15) is 9.59 Å². The molecule has 2 aromatic carbocycles. The van der Waals surface area contributed by atoms with E-state index >= 15 is 0 Å². The number of hydrogen-bond acceptors (Lipinski definition) is 7. The van der Waals surface area contributed by atoms with Gasteiger partial charge in [0.1, 0.15) is 0 Å². The summed E-state index contributed by atoms with van der Waals surface area (Å²) in [5.41, 5.74) is 2.31. The molecule has 3 rings (SSSR count). The van der Waals surface area contributed by atoms with Gasteiger partial charge >= 0.3 is 0 Å². The van der Waals surface area contributed by atoms with Crippen molar-refractivity contribution in [3.8, 4) is 34.1 Å². The van der Waals surface area contributed by atoms with Gasteiger partial charge in [0.15, 0.2) is 17.2 Å². The number of carbonyl (C=O) groups excluding carboxylic acids is 1. The van der Waals surface area contributed by atoms with Gasteiger partial charge < -0.3 is 29.4 Å². The SMILES string of the molecule is COc1c(Cl)c2c(c(OC)c1OC)-c1ccc(OC)c(=O)cc1[C@@H](NC(=O)CCO)CC2. The first-order chi connectivity index (χ1) is 15.4. The molecule has 32 heavy (non-hydrogen) atoms. The Morgan fingerprint density at radius 1 is 1.09 bits per heavy atom. The third-order valence-electron chi connectivity index (χ3n) is 5.48. The predicted molar refractivity (Wildman–Crippen MR) is 120 cm³/mol. The maximum Gasteiger partial charge on any atom is 0.222 e. The van der Waals surface area contributed by atoms with Gasteiger partial charge in [-0.2, -0.15) is 0 Å². The van der Waals surface area contributed by atoms with Crippen LogP contribution in [-0.4, -0.2) is 46.1 Å². The molecule has 0 aliphatic heterocycles. The highest BCUT2D eigenvalue weighted by molar-refractivity contribution is 6.34. The highest BCUT2D eigenvalue weighted by atomic mass is 35.5. The Labute approximate surface area is 191 Å². The largest absolute Gasteiger partial charge is 0.493 e. The van der Waals surface area contributed by atoms with Crippen LogP contribution in [0.3, 0.4) is 0 Å². The highest BCUT2D eigenvalue weighted by Gasteiger charge is 2.32. The van der Waals surface area contributed by atoms with Crippen molar-refractivity contribution >= 4 is 17.5 Å². The van der Waals surface area contributed by atoms with Crippen LogP contribution >= 0.6 is 11.6 Å². The molecule has 0 spiro atoms. The van der Waals surface area contributed by atoms with E-state index in [0.29, 0.717) is 51.8 Å². The highest BCUT2D eigenvalue weighted by Crippen LogP contribution is 2.54. The van der Waals surface area contributed by atoms with Crippen molar-refractivity contribution < 1.29 is 28.8 Å². The molecule has 0 heterocycles. The molecule has 0 bridgehead atoms. The number of nitrogens with one attached hydrogen (secondary N) is 1. The van der Waals surface area contributed by atoms with Crippen molar-refractivity contribution in [3.63, 3.8) is 0 Å². The lowest BCUT2D eigenvalue weighted by atomic mass is 9.95. The van der Waals surface area contributed by atoms with Crippen LogP contribution in [0, 0.1) is 0 Å². The van der Waals surface area contributed by atoms with Crippen molar-refractivity contribution in [2.75, 3.05) is 35.0 Å². The van der Waals surface area contributed by atoms with Crippen LogP contribution in [-0.2, 0) is 11.2 Å². The van der Waals surface area contributed by atoms with Gasteiger partial charge in [-0.25, -0.2) is 0 Å². The molecule has 9 heteroatoms. The van der Waals surface area contributed by atoms with Gasteiger partial charge in [0.2, 0.25) is 17.1 Å². The molecular formula is C23H26ClNO7. The summed E-state index contributed by atoms with van der Waals surface area (Å²) in [7, 11) is 5.91. The molecular weight excluding hydrogens is 438 g/mol. The van der Waals surface area contributed by atoms with Crippen molar-refractivity contribution in [2.45, 2.75) is 25.3 Å². The van der Waals surface area contributed by atoms with Crippen LogP contribution in [0.15, 0.2) is 23.0 Å². The minimum Gasteiger partial charge on any atom is -0.493 e. The zero-order valence-electron chi connectivity index (χ0n) is 18.4. The first-order valence-corrected chi connectivity index (χ1v) is 10.4. The van der Waals surface area contributed by atoms with Crippen molar-refractivity contribution in [1.29, 1.82) is 0 Å². The first kappa shape index (κ1) is 23.7. The van der Waals surface area contributed by atoms with E-state index < -0.39 is 6.04 Å². The van der Waals surface area contributed by atoms with Gasteiger partial charge in [-0.15, -0.1) is 0 Å². The quantitative estimate of drug-likeness (QED) is 0.650. The third kappa shape index (κ3) is 4.20. The molecule has 0 fully saturated rings. The van der Waals surface area contributed by atoms with E-state index in [1.807, 2.05) is 0 Å². The summed E-state index contributed by atoms with van der Waals surface area (Å²) in [6.45, 7) is -0.275. The number of methoxy groups -OCH3 is 4. The van der Waals surface area contributed by atoms with E-state index in [0.717, 1.165) is 5.56 Å². The normalized spacial score (nSPS) is 14.5. The molecule has 2 aromatic rings. The number of ether oxygens (including phenoxy) is 4. The van der Waals surface area contributed by atoms with Crippen molar-refractivity contribution in [3.05, 3.63) is 44.6 Å². The summed E-state index contributed by atoms with van der Waals surface area (Å²) >= 11 is 6.74. The maximum atomic E-state index is 12.8. The Hall–Kier alpha value is -2.97. The smallest absolute Gasteiger partial charge is 0.222 e. The average molecular weight is 464 g/mol. The third-order valence-corrected chi connectivity index (χ3v) is 5.88. The average Bonchev–Trinajstić information content (AvgIpc) is 3.03. The number of halogens is 1. The van der Waals surface area contributed by atoms with Crippen LogP contribution < -0.4 is 29.7 Å². The molecule has 0 radical (unpaired) electrons. The standard InChI is InChI=1S/C23H26ClNO7/c1-29-17-8-6-12-14(11-16(17)27)15(25-18(28)9-10-26)7-5-13-19(12)21(30-2)23(32-4)22(31-3)20(13)24/h6,8,11,15,26H,5,7,9-10H2,1-4H3,(H,25,28)/t15-/m0/s1. The Morgan fingerprint density at radius 3 is 2.38 bits per heavy atom. The number of fused-ring (bicyclic) bond motifs is 3. The molecule has 2 N–H and O–H groups in total. The van der Waals surface area contributed by atoms with Gasteiger partial charge in [-0.05, 0) is 41.7 Å². The van der Waals surface area contributed by atoms with E-state index in [1.165, 1.54) is 34.5 Å². The number of rotatable bonds is 7. The summed E-state index contributed by atoms with van der Waals surface area (Å²) in [5.74, 6) is 0.911. The van der Waals surface area contributed by atoms with Crippen LogP contribution in [0.4, 0.5) is 0 Å². The molecule has 1 aliphatic rings. The van der Waals surface area contributed by atoms with Crippen LogP contribution in [0.2, 0.25) is 5.02 Å². The number of amides is 1. The van der Waals surface area contributed by atoms with E-state index in [4.69, 9.17) is 35.7 Å². The second kappa shape index (κ2) is 10.1. The van der Waals surface area contributed by atoms with Crippen LogP contribution in [0.25, 0.3) is 11.1 Å². The van der Waals surface area contributed by atoms with E-state index in [2.05, 4.69) is 5.32 Å². The van der Waals surface area contributed by atoms with Crippen LogP contribution in [0.5, 0.6) is 23.0 Å². The second-order valence-corrected chi connectivity index (χ2v) is 7.56. The van der Waals surface area contributed by atoms with E-state index in [1.54, 1.807) is 12.1 Å². The summed E-state index contributed by atoms with van der Waals surface area (Å²) in [4.78, 5) is 25.1. The number of benzene rings is 1. The monoisotopic (exact) mass is 463 g/mol. The maximum absolute atomic E-state index is 12.8. The van der Waals surface area contributed by atoms with Crippen molar-refractivity contribution in [2.24, 2.45) is 0 Å². The molecule has 1 atom stereocenters. The molecule has 8 nitrogen and oxygen atoms in total. The predicted octanol–water partition coefficient (Wildman–Crippen LogP) is 2.89. The summed E-state index contributed by atoms with van der Waals surface area (Å²) in [6.07, 6.45) is 0.886. The van der Waals surface area contributed by atoms with Crippen LogP contribution in [0.1, 0.15) is 30.0 Å². The Bertz CT molecular complexity index is 1090. The first-order valence-electron chi connectivity index (χ1n) is 10.0. The van der Waals surface area contributed by atoms with Gasteiger partial charge in [0.05, 0.1) is 46.1 Å². The van der Waals surface area contributed by atoms with Gasteiger partial charge in [-0.3, -0.25) is 9.59 Å². The Balaban J connectivity index is 2.39. The molecule has 0 saturated heterocycles. The molecule has 0 unspecified atom stereocenters. The topological polar surface area (TPSA) is 103 Å². The summed E-state index contributed by atoms with van der Waals surface area (Å²) < 4.78 is 22.0. The molecule has 0 saturated carbocycles. The second-order valence-electron chi connectivity index (χ2n) is 7.18. The minimum atomic E-state index is -0.501. The summed E-state index contributed by atoms with van der Waals surface area (Å²) in [6, 6.07) is 4.28. The lowest BCUT2D eigenvalue weighted by molar-refractivity contribution is -0.122. The van der Waals surface area contributed by atoms with Gasteiger partial charge in [0.25, 0.3) is 0 Å². The van der Waals surface area contributed by atoms with Gasteiger partial charge in [-0.1, -0.05) is 17.7 Å². The molecule has 172 valence electrons. The van der Waals surface area contributed by atoms with Crippen molar-refractivity contribution in [1.82, 2.24) is 5.32 Å². The Kier molecular flexibility index (Phi) is 7.48. The minimum absolute atomic E-state index is 0.0446. The van der Waals surface area contributed by atoms with Gasteiger partial charge in [0, 0.05) is 12.0 Å². The molecule has 1 aliphatic carbocycles. The number of carbonyl (C=O) groups is 1. The van der Waals surface area contributed by atoms with E-state index in [-0.39, 0.29) is 30.1 Å². The zero-order valence-corrected chi connectivity index (χ0v) is 19.2. The lowest BCUT2D eigenvalue weighted by Crippen LogP contribution is -2.29. The number of aliphatic hydroxyl groups excluding tert-OH is 1.